The van der Waals surface area contributed by atoms with Crippen molar-refractivity contribution in [3.8, 4) is 0 Å². The molecule has 15 heavy (non-hydrogen) atoms. The molecular weight excluding hydrogens is 194 g/mol. The second-order valence-corrected chi connectivity index (χ2v) is 3.24. The molecule has 1 aromatic rings. The summed E-state index contributed by atoms with van der Waals surface area (Å²) >= 11 is 0. The summed E-state index contributed by atoms with van der Waals surface area (Å²) in [5.74, 6) is 1.49. The van der Waals surface area contributed by atoms with Crippen LogP contribution in [0.15, 0.2) is 27.8 Å². The van der Waals surface area contributed by atoms with Gasteiger partial charge in [0, 0.05) is 13.6 Å². The van der Waals surface area contributed by atoms with Gasteiger partial charge in [-0.3, -0.25) is 4.99 Å². The molecule has 0 radical (unpaired) electrons. The van der Waals surface area contributed by atoms with E-state index in [4.69, 9.17) is 9.52 Å². The lowest BCUT2D eigenvalue weighted by Crippen LogP contribution is -2.40. The van der Waals surface area contributed by atoms with Gasteiger partial charge in [-0.05, 0) is 19.1 Å². The van der Waals surface area contributed by atoms with E-state index in [1.807, 2.05) is 12.1 Å². The third kappa shape index (κ3) is 4.51. The van der Waals surface area contributed by atoms with Crippen molar-refractivity contribution in [1.29, 1.82) is 0 Å². The van der Waals surface area contributed by atoms with Crippen LogP contribution in [0.2, 0.25) is 0 Å². The average molecular weight is 211 g/mol. The second-order valence-electron chi connectivity index (χ2n) is 3.24. The molecule has 0 aromatic carbocycles. The molecule has 5 nitrogen and oxygen atoms in total. The van der Waals surface area contributed by atoms with Gasteiger partial charge in [0.15, 0.2) is 5.96 Å². The maximum atomic E-state index is 9.09. The summed E-state index contributed by atoms with van der Waals surface area (Å²) in [5.41, 5.74) is 0. The predicted octanol–water partition coefficient (Wildman–Crippen LogP) is 0.325. The lowest BCUT2D eigenvalue weighted by molar-refractivity contribution is 0.197. The highest BCUT2D eigenvalue weighted by Gasteiger charge is 2.01. The van der Waals surface area contributed by atoms with Gasteiger partial charge in [-0.2, -0.15) is 0 Å². The number of aliphatic imine (C=N–C) groups is 1. The third-order valence-corrected chi connectivity index (χ3v) is 1.80. The lowest BCUT2D eigenvalue weighted by Gasteiger charge is -2.11. The molecule has 1 atom stereocenters. The number of nitrogens with zero attached hydrogens (tertiary/aromatic N) is 1. The van der Waals surface area contributed by atoms with Crippen LogP contribution in [0.3, 0.4) is 0 Å². The first-order valence-electron chi connectivity index (χ1n) is 4.87. The van der Waals surface area contributed by atoms with E-state index >= 15 is 0 Å². The number of nitrogens with one attached hydrogen (secondary N) is 2. The van der Waals surface area contributed by atoms with Crippen LogP contribution in [0.5, 0.6) is 0 Å². The minimum Gasteiger partial charge on any atom is -0.467 e. The fourth-order valence-electron chi connectivity index (χ4n) is 1.05. The van der Waals surface area contributed by atoms with E-state index in [0.29, 0.717) is 19.0 Å². The number of aliphatic hydroxyl groups excluding tert-OH is 1. The van der Waals surface area contributed by atoms with Crippen molar-refractivity contribution in [2.45, 2.75) is 19.6 Å². The zero-order valence-corrected chi connectivity index (χ0v) is 9.03. The Morgan fingerprint density at radius 3 is 2.93 bits per heavy atom. The van der Waals surface area contributed by atoms with E-state index in [0.717, 1.165) is 5.76 Å². The topological polar surface area (TPSA) is 69.8 Å². The third-order valence-electron chi connectivity index (χ3n) is 1.80. The van der Waals surface area contributed by atoms with E-state index in [9.17, 15) is 0 Å². The van der Waals surface area contributed by atoms with Gasteiger partial charge >= 0.3 is 0 Å². The van der Waals surface area contributed by atoms with Crippen LogP contribution in [-0.2, 0) is 6.54 Å². The first kappa shape index (κ1) is 11.6. The van der Waals surface area contributed by atoms with Crippen molar-refractivity contribution in [3.05, 3.63) is 24.2 Å². The van der Waals surface area contributed by atoms with Gasteiger partial charge in [0.25, 0.3) is 0 Å². The SMILES string of the molecule is CN=C(NCc1ccco1)NC[C@@H](C)O. The molecule has 0 unspecified atom stereocenters. The van der Waals surface area contributed by atoms with Crippen molar-refractivity contribution in [3.63, 3.8) is 0 Å². The summed E-state index contributed by atoms with van der Waals surface area (Å²) in [7, 11) is 1.68. The molecule has 1 aromatic heterocycles. The van der Waals surface area contributed by atoms with Gasteiger partial charge < -0.3 is 20.2 Å². The average Bonchev–Trinajstić information content (AvgIpc) is 2.70. The molecule has 1 heterocycles. The highest BCUT2D eigenvalue weighted by atomic mass is 16.3. The molecule has 0 saturated heterocycles. The molecule has 0 bridgehead atoms. The van der Waals surface area contributed by atoms with Crippen LogP contribution in [0, 0.1) is 0 Å². The van der Waals surface area contributed by atoms with Crippen LogP contribution < -0.4 is 10.6 Å². The number of guanidine groups is 1. The van der Waals surface area contributed by atoms with Crippen molar-refractivity contribution in [2.75, 3.05) is 13.6 Å². The zero-order chi connectivity index (χ0) is 11.1. The Morgan fingerprint density at radius 1 is 1.60 bits per heavy atom. The van der Waals surface area contributed by atoms with Crippen LogP contribution in [-0.4, -0.2) is 30.8 Å². The minimum absolute atomic E-state index is 0.396. The van der Waals surface area contributed by atoms with Crippen molar-refractivity contribution in [1.82, 2.24) is 10.6 Å². The molecule has 5 heteroatoms. The number of hydrogen-bond acceptors (Lipinski definition) is 3. The summed E-state index contributed by atoms with van der Waals surface area (Å²) < 4.78 is 5.16. The molecule has 3 N–H and O–H groups in total. The van der Waals surface area contributed by atoms with Crippen LogP contribution in [0.1, 0.15) is 12.7 Å². The van der Waals surface area contributed by atoms with E-state index in [1.54, 1.807) is 20.2 Å². The van der Waals surface area contributed by atoms with Gasteiger partial charge in [-0.1, -0.05) is 0 Å². The maximum Gasteiger partial charge on any atom is 0.191 e. The molecule has 1 rings (SSSR count). The summed E-state index contributed by atoms with van der Waals surface area (Å²) in [4.78, 5) is 4.00. The summed E-state index contributed by atoms with van der Waals surface area (Å²) in [5, 5.41) is 15.1. The lowest BCUT2D eigenvalue weighted by atomic mass is 10.4. The Bertz CT molecular complexity index is 294. The number of hydrogen-bond donors (Lipinski definition) is 3. The van der Waals surface area contributed by atoms with Gasteiger partial charge in [-0.25, -0.2) is 0 Å². The van der Waals surface area contributed by atoms with Gasteiger partial charge in [0.2, 0.25) is 0 Å². The number of rotatable bonds is 4. The summed E-state index contributed by atoms with van der Waals surface area (Å²) in [6, 6.07) is 3.72. The van der Waals surface area contributed by atoms with Crippen LogP contribution >= 0.6 is 0 Å². The molecule has 0 spiro atoms. The summed E-state index contributed by atoms with van der Waals surface area (Å²) in [6.45, 7) is 2.76. The fraction of sp³-hybridized carbons (Fsp3) is 0.500. The molecule has 0 aliphatic carbocycles. The Balaban J connectivity index is 2.29. The predicted molar refractivity (Wildman–Crippen MR) is 58.6 cm³/mol. The molecule has 84 valence electrons. The van der Waals surface area contributed by atoms with Crippen LogP contribution in [0.4, 0.5) is 0 Å². The second kappa shape index (κ2) is 6.08. The standard InChI is InChI=1S/C10H17N3O2/c1-8(14)6-12-10(11-2)13-7-9-4-3-5-15-9/h3-5,8,14H,6-7H2,1-2H3,(H2,11,12,13)/t8-/m1/s1. The van der Waals surface area contributed by atoms with Crippen LogP contribution in [0.25, 0.3) is 0 Å². The fourth-order valence-corrected chi connectivity index (χ4v) is 1.05. The highest BCUT2D eigenvalue weighted by Crippen LogP contribution is 1.97. The van der Waals surface area contributed by atoms with Crippen molar-refractivity contribution in [2.24, 2.45) is 4.99 Å². The van der Waals surface area contributed by atoms with E-state index in [1.165, 1.54) is 0 Å². The Labute approximate surface area is 89.2 Å². The van der Waals surface area contributed by atoms with E-state index in [2.05, 4.69) is 15.6 Å². The van der Waals surface area contributed by atoms with Gasteiger partial charge in [0.05, 0.1) is 18.9 Å². The smallest absolute Gasteiger partial charge is 0.191 e. The van der Waals surface area contributed by atoms with Crippen molar-refractivity contribution >= 4 is 5.96 Å². The normalized spacial score (nSPS) is 13.7. The zero-order valence-electron chi connectivity index (χ0n) is 9.03. The summed E-state index contributed by atoms with van der Waals surface area (Å²) in [6.07, 6.45) is 1.23. The Hall–Kier alpha value is -1.49. The first-order valence-corrected chi connectivity index (χ1v) is 4.87. The quantitative estimate of drug-likeness (QED) is 0.495. The first-order chi connectivity index (χ1) is 7.22. The largest absolute Gasteiger partial charge is 0.467 e. The highest BCUT2D eigenvalue weighted by molar-refractivity contribution is 5.79. The molecule has 0 amide bonds. The molecular formula is C10H17N3O2. The molecule has 0 aliphatic rings. The maximum absolute atomic E-state index is 9.09. The Kier molecular flexibility index (Phi) is 4.70. The molecule has 0 saturated carbocycles. The monoisotopic (exact) mass is 211 g/mol. The number of aliphatic hydroxyl groups is 1. The molecule has 0 aliphatic heterocycles. The van der Waals surface area contributed by atoms with E-state index in [-0.39, 0.29) is 0 Å². The van der Waals surface area contributed by atoms with Crippen molar-refractivity contribution < 1.29 is 9.52 Å². The van der Waals surface area contributed by atoms with E-state index < -0.39 is 6.10 Å². The van der Waals surface area contributed by atoms with Gasteiger partial charge in [0.1, 0.15) is 5.76 Å². The number of furan rings is 1. The molecule has 0 fully saturated rings. The Morgan fingerprint density at radius 2 is 2.40 bits per heavy atom. The van der Waals surface area contributed by atoms with Gasteiger partial charge in [-0.15, -0.1) is 0 Å². The minimum atomic E-state index is -0.396.